The van der Waals surface area contributed by atoms with Crippen LogP contribution in [0.3, 0.4) is 0 Å². The van der Waals surface area contributed by atoms with E-state index in [0.29, 0.717) is 0 Å². The minimum absolute atomic E-state index is 0.901. The summed E-state index contributed by atoms with van der Waals surface area (Å²) in [6.07, 6.45) is 4.10. The summed E-state index contributed by atoms with van der Waals surface area (Å²) >= 11 is 0. The van der Waals surface area contributed by atoms with Crippen molar-refractivity contribution in [2.24, 2.45) is 0 Å². The van der Waals surface area contributed by atoms with E-state index in [4.69, 9.17) is 9.97 Å². The second-order valence-corrected chi connectivity index (χ2v) is 9.37. The lowest BCUT2D eigenvalue weighted by molar-refractivity contribution is 1.31. The van der Waals surface area contributed by atoms with Gasteiger partial charge in [-0.25, -0.2) is 9.97 Å². The first kappa shape index (κ1) is 19.4. The van der Waals surface area contributed by atoms with Crippen molar-refractivity contribution in [3.63, 3.8) is 0 Å². The van der Waals surface area contributed by atoms with Gasteiger partial charge in [0.1, 0.15) is 0 Å². The largest absolute Gasteiger partial charge is 0.355 e. The van der Waals surface area contributed by atoms with Gasteiger partial charge in [-0.15, -0.1) is 0 Å². The van der Waals surface area contributed by atoms with Gasteiger partial charge in [-0.05, 0) is 82.2 Å². The smallest absolute Gasteiger partial charge is 0.0743 e. The molecule has 0 atom stereocenters. The molecule has 0 aliphatic carbocycles. The summed E-state index contributed by atoms with van der Waals surface area (Å²) in [6.45, 7) is 0. The van der Waals surface area contributed by atoms with E-state index in [1.165, 1.54) is 27.1 Å². The number of H-pyrrole nitrogens is 2. The molecule has 2 aliphatic heterocycles. The number of hydrogen-bond acceptors (Lipinski definition) is 2. The van der Waals surface area contributed by atoms with Crippen LogP contribution >= 0.6 is 0 Å². The Morgan fingerprint density at radius 2 is 1.17 bits per heavy atom. The molecule has 36 heavy (non-hydrogen) atoms. The van der Waals surface area contributed by atoms with Gasteiger partial charge in [-0.3, -0.25) is 0 Å². The lowest BCUT2D eigenvalue weighted by Gasteiger charge is -2.09. The Labute approximate surface area is 206 Å². The molecule has 0 spiro atoms. The summed E-state index contributed by atoms with van der Waals surface area (Å²) in [4.78, 5) is 17.0. The Balaban J connectivity index is 1.53. The molecule has 6 aromatic rings. The van der Waals surface area contributed by atoms with Crippen molar-refractivity contribution in [1.29, 1.82) is 0 Å². The summed E-state index contributed by atoms with van der Waals surface area (Å²) in [5.74, 6) is 0. The van der Waals surface area contributed by atoms with Crippen LogP contribution in [0.25, 0.3) is 78.3 Å². The third-order valence-corrected chi connectivity index (χ3v) is 7.02. The van der Waals surface area contributed by atoms with Crippen LogP contribution in [0.4, 0.5) is 0 Å². The molecule has 0 radical (unpaired) electrons. The number of aromatic amines is 2. The monoisotopic (exact) mass is 460 g/mol. The fourth-order valence-corrected chi connectivity index (χ4v) is 5.40. The molecule has 0 unspecified atom stereocenters. The topological polar surface area (TPSA) is 57.4 Å². The molecule has 0 saturated carbocycles. The molecule has 8 rings (SSSR count). The molecule has 4 heteroatoms. The van der Waals surface area contributed by atoms with Crippen molar-refractivity contribution < 1.29 is 0 Å². The Kier molecular flexibility index (Phi) is 3.91. The number of benzene rings is 3. The number of aromatic nitrogens is 4. The van der Waals surface area contributed by atoms with E-state index in [1.807, 2.05) is 6.08 Å². The highest BCUT2D eigenvalue weighted by Crippen LogP contribution is 2.43. The van der Waals surface area contributed by atoms with E-state index < -0.39 is 0 Å². The number of fused-ring (bicyclic) bond motifs is 15. The van der Waals surface area contributed by atoms with Crippen LogP contribution in [0.15, 0.2) is 97.1 Å². The fraction of sp³-hybridized carbons (Fsp3) is 0. The lowest BCUT2D eigenvalue weighted by atomic mass is 9.93. The van der Waals surface area contributed by atoms with Crippen LogP contribution in [-0.4, -0.2) is 19.9 Å². The molecule has 0 fully saturated rings. The van der Waals surface area contributed by atoms with E-state index >= 15 is 0 Å². The van der Waals surface area contributed by atoms with Gasteiger partial charge >= 0.3 is 0 Å². The maximum atomic E-state index is 5.16. The van der Waals surface area contributed by atoms with Gasteiger partial charge in [0.2, 0.25) is 0 Å². The average molecular weight is 461 g/mol. The minimum atomic E-state index is 0.901. The molecule has 0 amide bonds. The highest BCUT2D eigenvalue weighted by Gasteiger charge is 2.21. The summed E-state index contributed by atoms with van der Waals surface area (Å²) < 4.78 is 0. The first-order valence-corrected chi connectivity index (χ1v) is 12.1. The lowest BCUT2D eigenvalue weighted by Crippen LogP contribution is -1.84. The maximum absolute atomic E-state index is 5.16. The van der Waals surface area contributed by atoms with Crippen LogP contribution in [0.1, 0.15) is 11.4 Å². The molecular formula is C32H20N4. The standard InChI is InChI=1S/C32H20N4/c1-2-4-27-19(3-1)5-6-20-7-14-28-29-17-25-12-10-23(34-25)15-21-8-9-22(33-21)16-24-11-13-26(35-24)18-30(36-29)32(28)31(20)27/h1-18,33,35H. The predicted molar refractivity (Wildman–Crippen MR) is 149 cm³/mol. The van der Waals surface area contributed by atoms with E-state index in [1.54, 1.807) is 0 Å². The van der Waals surface area contributed by atoms with Crippen LogP contribution < -0.4 is 0 Å². The predicted octanol–water partition coefficient (Wildman–Crippen LogP) is 8.13. The van der Waals surface area contributed by atoms with Gasteiger partial charge in [-0.2, -0.15) is 0 Å². The highest BCUT2D eigenvalue weighted by molar-refractivity contribution is 6.17. The van der Waals surface area contributed by atoms with Crippen molar-refractivity contribution in [2.45, 2.75) is 0 Å². The zero-order valence-electron chi connectivity index (χ0n) is 19.3. The number of nitrogens with zero attached hydrogens (tertiary/aromatic N) is 2. The summed E-state index contributed by atoms with van der Waals surface area (Å²) in [5, 5.41) is 4.93. The van der Waals surface area contributed by atoms with Crippen molar-refractivity contribution in [2.75, 3.05) is 0 Å². The zero-order chi connectivity index (χ0) is 23.6. The van der Waals surface area contributed by atoms with Gasteiger partial charge in [0.25, 0.3) is 0 Å². The highest BCUT2D eigenvalue weighted by atomic mass is 14.8. The summed E-state index contributed by atoms with van der Waals surface area (Å²) in [7, 11) is 0. The maximum Gasteiger partial charge on any atom is 0.0743 e. The van der Waals surface area contributed by atoms with Crippen molar-refractivity contribution >= 4 is 55.8 Å². The number of hydrogen-bond donors (Lipinski definition) is 2. The van der Waals surface area contributed by atoms with Crippen LogP contribution in [-0.2, 0) is 0 Å². The zero-order valence-corrected chi connectivity index (χ0v) is 19.3. The Bertz CT molecular complexity index is 2060. The molecule has 3 aromatic heterocycles. The average Bonchev–Trinajstić information content (AvgIpc) is 3.69. The number of nitrogens with one attached hydrogen (secondary N) is 2. The van der Waals surface area contributed by atoms with Gasteiger partial charge in [0.05, 0.1) is 22.8 Å². The second kappa shape index (κ2) is 7.27. The van der Waals surface area contributed by atoms with Crippen molar-refractivity contribution in [3.05, 3.63) is 108 Å². The van der Waals surface area contributed by atoms with E-state index in [2.05, 4.69) is 113 Å². The molecule has 3 aromatic carbocycles. The van der Waals surface area contributed by atoms with E-state index in [0.717, 1.165) is 50.4 Å². The molecule has 2 aliphatic rings. The van der Waals surface area contributed by atoms with Crippen molar-refractivity contribution in [1.82, 2.24) is 19.9 Å². The number of rotatable bonds is 0. The van der Waals surface area contributed by atoms with Gasteiger partial charge in [-0.1, -0.05) is 48.5 Å². The van der Waals surface area contributed by atoms with Crippen molar-refractivity contribution in [3.8, 4) is 22.5 Å². The normalized spacial score (nSPS) is 12.3. The Morgan fingerprint density at radius 3 is 2.00 bits per heavy atom. The van der Waals surface area contributed by atoms with Crippen LogP contribution in [0.2, 0.25) is 0 Å². The molecule has 4 nitrogen and oxygen atoms in total. The van der Waals surface area contributed by atoms with Crippen LogP contribution in [0.5, 0.6) is 0 Å². The van der Waals surface area contributed by atoms with E-state index in [9.17, 15) is 0 Å². The van der Waals surface area contributed by atoms with Gasteiger partial charge in [0.15, 0.2) is 0 Å². The third-order valence-electron chi connectivity index (χ3n) is 7.02. The molecule has 168 valence electrons. The summed E-state index contributed by atoms with van der Waals surface area (Å²) in [5.41, 5.74) is 10.1. The van der Waals surface area contributed by atoms with Crippen LogP contribution in [0, 0.1) is 0 Å². The van der Waals surface area contributed by atoms with Gasteiger partial charge < -0.3 is 9.97 Å². The Hall–Kier alpha value is -4.96. The molecule has 0 saturated heterocycles. The molecule has 2 N–H and O–H groups in total. The third kappa shape index (κ3) is 3.01. The molecular weight excluding hydrogens is 440 g/mol. The SMILES string of the molecule is C1=Cc2cc3ccc(cc4ccc(cc5nc(cc1n2)-c1ccc2ccc6ccccc6c2c1-5)[nH]4)[nH]3. The first-order chi connectivity index (χ1) is 17.8. The molecule has 5 heterocycles. The molecule has 8 bridgehead atoms. The quantitative estimate of drug-likeness (QED) is 0.224. The first-order valence-electron chi connectivity index (χ1n) is 12.1. The second-order valence-electron chi connectivity index (χ2n) is 9.37. The minimum Gasteiger partial charge on any atom is -0.355 e. The Morgan fingerprint density at radius 1 is 0.500 bits per heavy atom. The van der Waals surface area contributed by atoms with E-state index in [-0.39, 0.29) is 0 Å². The van der Waals surface area contributed by atoms with Gasteiger partial charge in [0, 0.05) is 33.2 Å². The summed E-state index contributed by atoms with van der Waals surface area (Å²) in [6, 6.07) is 34.2. The fourth-order valence-electron chi connectivity index (χ4n) is 5.40.